The van der Waals surface area contributed by atoms with Crippen molar-refractivity contribution in [3.8, 4) is 0 Å². The summed E-state index contributed by atoms with van der Waals surface area (Å²) in [7, 11) is 0. The van der Waals surface area contributed by atoms with Crippen LogP contribution in [0.15, 0.2) is 22.7 Å². The molecule has 0 fully saturated rings. The zero-order valence-electron chi connectivity index (χ0n) is 12.1. The highest BCUT2D eigenvalue weighted by Crippen LogP contribution is 2.41. The molecular formula is C15H21BrN2O2. The molecule has 0 aliphatic carbocycles. The van der Waals surface area contributed by atoms with E-state index >= 15 is 0 Å². The Labute approximate surface area is 128 Å². The fourth-order valence-corrected chi connectivity index (χ4v) is 3.14. The third-order valence-electron chi connectivity index (χ3n) is 4.25. The second-order valence-corrected chi connectivity index (χ2v) is 7.39. The molecule has 0 saturated carbocycles. The standard InChI is InChI=1S/C15H21BrN2O2/c1-14(2,3)15(17)9-18(13(19)20)7-6-10-8-11(16)4-5-12(10)15/h4-5,8H,6-7,9,17H2,1-3H3,(H,19,20). The molecule has 3 N–H and O–H groups in total. The van der Waals surface area contributed by atoms with E-state index in [1.54, 1.807) is 0 Å². The SMILES string of the molecule is CC(C)(C)C1(N)CN(C(=O)O)CCc2cc(Br)ccc21. The first-order valence-electron chi connectivity index (χ1n) is 6.71. The third kappa shape index (κ3) is 2.56. The van der Waals surface area contributed by atoms with E-state index in [2.05, 4.69) is 36.7 Å². The molecule has 2 rings (SSSR count). The van der Waals surface area contributed by atoms with Crippen LogP contribution in [0.2, 0.25) is 0 Å². The van der Waals surface area contributed by atoms with E-state index in [1.165, 1.54) is 4.90 Å². The van der Waals surface area contributed by atoms with Gasteiger partial charge in [0.2, 0.25) is 0 Å². The normalized spacial score (nSPS) is 23.1. The van der Waals surface area contributed by atoms with Gasteiger partial charge in [-0.2, -0.15) is 0 Å². The highest BCUT2D eigenvalue weighted by atomic mass is 79.9. The molecule has 1 aromatic rings. The lowest BCUT2D eigenvalue weighted by Gasteiger charge is -2.44. The highest BCUT2D eigenvalue weighted by Gasteiger charge is 2.44. The molecule has 1 aromatic carbocycles. The van der Waals surface area contributed by atoms with Crippen LogP contribution in [0.1, 0.15) is 31.9 Å². The zero-order valence-corrected chi connectivity index (χ0v) is 13.7. The van der Waals surface area contributed by atoms with Crippen molar-refractivity contribution >= 4 is 22.0 Å². The number of rotatable bonds is 0. The minimum Gasteiger partial charge on any atom is -0.465 e. The minimum absolute atomic E-state index is 0.242. The van der Waals surface area contributed by atoms with Gasteiger partial charge in [0.05, 0.1) is 5.54 Å². The Bertz CT molecular complexity index is 539. The maximum absolute atomic E-state index is 11.4. The van der Waals surface area contributed by atoms with Crippen LogP contribution >= 0.6 is 15.9 Å². The van der Waals surface area contributed by atoms with Crippen LogP contribution in [0.4, 0.5) is 4.79 Å². The van der Waals surface area contributed by atoms with Crippen LogP contribution in [0.5, 0.6) is 0 Å². The van der Waals surface area contributed by atoms with Crippen molar-refractivity contribution in [2.75, 3.05) is 13.1 Å². The van der Waals surface area contributed by atoms with Gasteiger partial charge in [0, 0.05) is 17.6 Å². The summed E-state index contributed by atoms with van der Waals surface area (Å²) in [4.78, 5) is 12.8. The average Bonchev–Trinajstić information content (AvgIpc) is 2.46. The number of benzene rings is 1. The molecule has 0 bridgehead atoms. The lowest BCUT2D eigenvalue weighted by atomic mass is 9.69. The molecule has 1 amide bonds. The quantitative estimate of drug-likeness (QED) is 0.762. The number of hydrogen-bond acceptors (Lipinski definition) is 2. The Morgan fingerprint density at radius 3 is 2.65 bits per heavy atom. The highest BCUT2D eigenvalue weighted by molar-refractivity contribution is 9.10. The van der Waals surface area contributed by atoms with Gasteiger partial charge in [-0.25, -0.2) is 4.79 Å². The van der Waals surface area contributed by atoms with E-state index in [4.69, 9.17) is 5.73 Å². The van der Waals surface area contributed by atoms with Gasteiger partial charge in [0.15, 0.2) is 0 Å². The van der Waals surface area contributed by atoms with Crippen LogP contribution in [0.3, 0.4) is 0 Å². The Balaban J connectivity index is 2.59. The molecule has 0 radical (unpaired) electrons. The number of nitrogens with zero attached hydrogens (tertiary/aromatic N) is 1. The lowest BCUT2D eigenvalue weighted by Crippen LogP contribution is -2.56. The Morgan fingerprint density at radius 1 is 1.45 bits per heavy atom. The van der Waals surface area contributed by atoms with Crippen LogP contribution in [-0.2, 0) is 12.0 Å². The van der Waals surface area contributed by atoms with Crippen molar-refractivity contribution in [3.05, 3.63) is 33.8 Å². The van der Waals surface area contributed by atoms with E-state index in [-0.39, 0.29) is 5.41 Å². The molecule has 0 saturated heterocycles. The maximum Gasteiger partial charge on any atom is 0.407 e. The summed E-state index contributed by atoms with van der Waals surface area (Å²) in [5.74, 6) is 0. The number of amides is 1. The second-order valence-electron chi connectivity index (χ2n) is 6.48. The fraction of sp³-hybridized carbons (Fsp3) is 0.533. The largest absolute Gasteiger partial charge is 0.465 e. The van der Waals surface area contributed by atoms with E-state index < -0.39 is 11.6 Å². The van der Waals surface area contributed by atoms with Gasteiger partial charge < -0.3 is 15.7 Å². The Kier molecular flexibility index (Phi) is 3.86. The minimum atomic E-state index is -0.907. The molecule has 1 aliphatic heterocycles. The molecule has 1 atom stereocenters. The van der Waals surface area contributed by atoms with Crippen LogP contribution in [-0.4, -0.2) is 29.2 Å². The predicted octanol–water partition coefficient (Wildman–Crippen LogP) is 3.19. The first kappa shape index (κ1) is 15.3. The van der Waals surface area contributed by atoms with Gasteiger partial charge in [0.1, 0.15) is 0 Å². The first-order valence-corrected chi connectivity index (χ1v) is 7.50. The summed E-state index contributed by atoms with van der Waals surface area (Å²) in [5, 5.41) is 9.36. The lowest BCUT2D eigenvalue weighted by molar-refractivity contribution is 0.102. The van der Waals surface area contributed by atoms with Crippen LogP contribution < -0.4 is 5.73 Å². The number of carboxylic acid groups (broad SMARTS) is 1. The topological polar surface area (TPSA) is 66.6 Å². The summed E-state index contributed by atoms with van der Waals surface area (Å²) in [6.07, 6.45) is -0.216. The second kappa shape index (κ2) is 5.04. The number of fused-ring (bicyclic) bond motifs is 1. The molecule has 1 unspecified atom stereocenters. The molecule has 5 heteroatoms. The van der Waals surface area contributed by atoms with E-state index in [0.29, 0.717) is 19.5 Å². The summed E-state index contributed by atoms with van der Waals surface area (Å²) < 4.78 is 0.997. The van der Waals surface area contributed by atoms with Gasteiger partial charge >= 0.3 is 6.09 Å². The summed E-state index contributed by atoms with van der Waals surface area (Å²) >= 11 is 3.48. The van der Waals surface area contributed by atoms with Gasteiger partial charge in [0.25, 0.3) is 0 Å². The monoisotopic (exact) mass is 340 g/mol. The smallest absolute Gasteiger partial charge is 0.407 e. The maximum atomic E-state index is 11.4. The van der Waals surface area contributed by atoms with Gasteiger partial charge in [-0.3, -0.25) is 0 Å². The van der Waals surface area contributed by atoms with Crippen molar-refractivity contribution in [2.45, 2.75) is 32.7 Å². The van der Waals surface area contributed by atoms with Crippen molar-refractivity contribution < 1.29 is 9.90 Å². The van der Waals surface area contributed by atoms with Crippen molar-refractivity contribution in [3.63, 3.8) is 0 Å². The molecule has 1 heterocycles. The number of halogens is 1. The molecule has 0 aromatic heterocycles. The van der Waals surface area contributed by atoms with Crippen molar-refractivity contribution in [1.82, 2.24) is 4.90 Å². The van der Waals surface area contributed by atoms with E-state index in [9.17, 15) is 9.90 Å². The average molecular weight is 341 g/mol. The molecule has 110 valence electrons. The summed E-state index contributed by atoms with van der Waals surface area (Å²) in [6, 6.07) is 6.05. The zero-order chi connectivity index (χ0) is 15.1. The predicted molar refractivity (Wildman–Crippen MR) is 82.8 cm³/mol. The number of carbonyl (C=O) groups is 1. The molecule has 20 heavy (non-hydrogen) atoms. The van der Waals surface area contributed by atoms with Crippen LogP contribution in [0, 0.1) is 5.41 Å². The van der Waals surface area contributed by atoms with Gasteiger partial charge in [-0.15, -0.1) is 0 Å². The first-order chi connectivity index (χ1) is 9.15. The molecule has 4 nitrogen and oxygen atoms in total. The van der Waals surface area contributed by atoms with Crippen LogP contribution in [0.25, 0.3) is 0 Å². The third-order valence-corrected chi connectivity index (χ3v) is 4.74. The fourth-order valence-electron chi connectivity index (χ4n) is 2.73. The van der Waals surface area contributed by atoms with E-state index in [0.717, 1.165) is 15.6 Å². The van der Waals surface area contributed by atoms with Gasteiger partial charge in [-0.05, 0) is 35.1 Å². The molecule has 1 aliphatic rings. The Morgan fingerprint density at radius 2 is 2.10 bits per heavy atom. The Hall–Kier alpha value is -1.07. The number of nitrogens with two attached hydrogens (primary N) is 1. The number of hydrogen-bond donors (Lipinski definition) is 2. The van der Waals surface area contributed by atoms with E-state index in [1.807, 2.05) is 18.2 Å². The molecular weight excluding hydrogens is 320 g/mol. The van der Waals surface area contributed by atoms with Gasteiger partial charge in [-0.1, -0.05) is 42.8 Å². The van der Waals surface area contributed by atoms with Crippen molar-refractivity contribution in [1.29, 1.82) is 0 Å². The van der Waals surface area contributed by atoms with Crippen molar-refractivity contribution in [2.24, 2.45) is 11.1 Å². The molecule has 0 spiro atoms. The summed E-state index contributed by atoms with van der Waals surface area (Å²) in [6.45, 7) is 6.98. The summed E-state index contributed by atoms with van der Waals surface area (Å²) in [5.41, 5.74) is 7.94.